The molecular weight excluding hydrogens is 355 g/mol. The van der Waals surface area contributed by atoms with Crippen molar-refractivity contribution < 1.29 is 13.9 Å². The number of hydrogen-bond donors (Lipinski definition) is 0. The van der Waals surface area contributed by atoms with Gasteiger partial charge < -0.3 is 4.74 Å². The van der Waals surface area contributed by atoms with Crippen LogP contribution >= 0.6 is 0 Å². The standard InChI is InChI=1S/C23H29FN2O2/c1-23(2,3)28-22(27)26(21-13-10-19(24)11-14-21)16-20-12-9-18(15-25-20)17-7-5-4-6-8-17/h9-15,17H,4-8,16H2,1-3H3. The Bertz CT molecular complexity index is 776. The molecule has 1 saturated carbocycles. The van der Waals surface area contributed by atoms with Crippen LogP contribution in [0.1, 0.15) is 70.1 Å². The molecule has 150 valence electrons. The lowest BCUT2D eigenvalue weighted by atomic mass is 9.85. The van der Waals surface area contributed by atoms with Crippen LogP contribution in [0.2, 0.25) is 0 Å². The summed E-state index contributed by atoms with van der Waals surface area (Å²) >= 11 is 0. The van der Waals surface area contributed by atoms with E-state index in [9.17, 15) is 9.18 Å². The number of amides is 1. The summed E-state index contributed by atoms with van der Waals surface area (Å²) in [5.41, 5.74) is 2.01. The van der Waals surface area contributed by atoms with Gasteiger partial charge in [0.05, 0.1) is 12.2 Å². The van der Waals surface area contributed by atoms with Gasteiger partial charge in [0.1, 0.15) is 11.4 Å². The predicted octanol–water partition coefficient (Wildman–Crippen LogP) is 6.21. The van der Waals surface area contributed by atoms with Crippen LogP contribution in [0.25, 0.3) is 0 Å². The lowest BCUT2D eigenvalue weighted by molar-refractivity contribution is 0.0577. The second-order valence-electron chi connectivity index (χ2n) is 8.46. The Balaban J connectivity index is 1.78. The molecule has 28 heavy (non-hydrogen) atoms. The summed E-state index contributed by atoms with van der Waals surface area (Å²) < 4.78 is 18.9. The molecule has 5 heteroatoms. The quantitative estimate of drug-likeness (QED) is 0.629. The highest BCUT2D eigenvalue weighted by Gasteiger charge is 2.24. The fraction of sp³-hybridized carbons (Fsp3) is 0.478. The molecule has 1 aliphatic rings. The van der Waals surface area contributed by atoms with E-state index in [0.29, 0.717) is 11.6 Å². The molecule has 0 unspecified atom stereocenters. The van der Waals surface area contributed by atoms with Crippen molar-refractivity contribution in [1.29, 1.82) is 0 Å². The minimum atomic E-state index is -0.617. The van der Waals surface area contributed by atoms with Crippen molar-refractivity contribution in [1.82, 2.24) is 4.98 Å². The number of nitrogens with zero attached hydrogens (tertiary/aromatic N) is 2. The van der Waals surface area contributed by atoms with E-state index >= 15 is 0 Å². The number of rotatable bonds is 4. The van der Waals surface area contributed by atoms with Gasteiger partial charge in [0.2, 0.25) is 0 Å². The van der Waals surface area contributed by atoms with Crippen molar-refractivity contribution >= 4 is 11.8 Å². The number of aromatic nitrogens is 1. The smallest absolute Gasteiger partial charge is 0.415 e. The average Bonchev–Trinajstić information content (AvgIpc) is 2.67. The molecule has 1 heterocycles. The van der Waals surface area contributed by atoms with Gasteiger partial charge in [-0.3, -0.25) is 9.88 Å². The minimum Gasteiger partial charge on any atom is -0.443 e. The summed E-state index contributed by atoms with van der Waals surface area (Å²) in [6.45, 7) is 5.74. The summed E-state index contributed by atoms with van der Waals surface area (Å²) in [6, 6.07) is 9.94. The number of pyridine rings is 1. The van der Waals surface area contributed by atoms with Crippen LogP contribution in [-0.2, 0) is 11.3 Å². The topological polar surface area (TPSA) is 42.4 Å². The molecule has 0 atom stereocenters. The summed E-state index contributed by atoms with van der Waals surface area (Å²) in [6.07, 6.45) is 7.79. The van der Waals surface area contributed by atoms with E-state index in [0.717, 1.165) is 5.69 Å². The van der Waals surface area contributed by atoms with E-state index < -0.39 is 11.7 Å². The molecule has 1 amide bonds. The average molecular weight is 384 g/mol. The summed E-state index contributed by atoms with van der Waals surface area (Å²) in [5, 5.41) is 0. The van der Waals surface area contributed by atoms with Crippen LogP contribution in [-0.4, -0.2) is 16.7 Å². The summed E-state index contributed by atoms with van der Waals surface area (Å²) in [5.74, 6) is 0.247. The highest BCUT2D eigenvalue weighted by Crippen LogP contribution is 2.32. The fourth-order valence-electron chi connectivity index (χ4n) is 3.57. The zero-order valence-electron chi connectivity index (χ0n) is 17.0. The molecule has 2 aromatic rings. The van der Waals surface area contributed by atoms with E-state index in [4.69, 9.17) is 4.74 Å². The van der Waals surface area contributed by atoms with Gasteiger partial charge in [-0.2, -0.15) is 0 Å². The van der Waals surface area contributed by atoms with Crippen LogP contribution < -0.4 is 4.90 Å². The maximum absolute atomic E-state index is 13.3. The molecule has 1 fully saturated rings. The molecule has 0 radical (unpaired) electrons. The molecule has 0 saturated heterocycles. The number of benzene rings is 1. The highest BCUT2D eigenvalue weighted by atomic mass is 19.1. The Labute approximate surface area is 166 Å². The van der Waals surface area contributed by atoms with Gasteiger partial charge in [0, 0.05) is 11.9 Å². The third kappa shape index (κ3) is 5.54. The maximum atomic E-state index is 13.3. The van der Waals surface area contributed by atoms with Crippen molar-refractivity contribution in [3.63, 3.8) is 0 Å². The minimum absolute atomic E-state index is 0.269. The third-order valence-corrected chi connectivity index (χ3v) is 5.00. The van der Waals surface area contributed by atoms with E-state index in [2.05, 4.69) is 11.1 Å². The number of carbonyl (C=O) groups is 1. The first kappa shape index (κ1) is 20.3. The zero-order valence-corrected chi connectivity index (χ0v) is 17.0. The van der Waals surface area contributed by atoms with Crippen LogP contribution in [0.4, 0.5) is 14.9 Å². The maximum Gasteiger partial charge on any atom is 0.415 e. The van der Waals surface area contributed by atoms with Gasteiger partial charge in [0.15, 0.2) is 0 Å². The van der Waals surface area contributed by atoms with E-state index in [1.807, 2.05) is 33.0 Å². The molecule has 1 aromatic carbocycles. The fourth-order valence-corrected chi connectivity index (χ4v) is 3.57. The van der Waals surface area contributed by atoms with Gasteiger partial charge in [-0.15, -0.1) is 0 Å². The SMILES string of the molecule is CC(C)(C)OC(=O)N(Cc1ccc(C2CCCCC2)cn1)c1ccc(F)cc1. The van der Waals surface area contributed by atoms with E-state index in [-0.39, 0.29) is 12.4 Å². The summed E-state index contributed by atoms with van der Waals surface area (Å²) in [4.78, 5) is 18.8. The van der Waals surface area contributed by atoms with Crippen molar-refractivity contribution in [3.05, 3.63) is 59.7 Å². The van der Waals surface area contributed by atoms with E-state index in [1.165, 1.54) is 54.7 Å². The van der Waals surface area contributed by atoms with Crippen LogP contribution in [0.3, 0.4) is 0 Å². The first-order valence-electron chi connectivity index (χ1n) is 10.0. The van der Waals surface area contributed by atoms with Gasteiger partial charge in [-0.05, 0) is 75.4 Å². The number of halogens is 1. The van der Waals surface area contributed by atoms with Crippen LogP contribution in [0, 0.1) is 5.82 Å². The Kier molecular flexibility index (Phi) is 6.32. The molecular formula is C23H29FN2O2. The number of ether oxygens (including phenoxy) is 1. The van der Waals surface area contributed by atoms with Gasteiger partial charge >= 0.3 is 6.09 Å². The second kappa shape index (κ2) is 8.72. The first-order valence-corrected chi connectivity index (χ1v) is 10.0. The molecule has 1 aromatic heterocycles. The lowest BCUT2D eigenvalue weighted by Crippen LogP contribution is -2.36. The Morgan fingerprint density at radius 3 is 2.36 bits per heavy atom. The molecule has 0 bridgehead atoms. The zero-order chi connectivity index (χ0) is 20.1. The number of anilines is 1. The lowest BCUT2D eigenvalue weighted by Gasteiger charge is -2.27. The number of hydrogen-bond acceptors (Lipinski definition) is 3. The van der Waals surface area contributed by atoms with Gasteiger partial charge in [0.25, 0.3) is 0 Å². The van der Waals surface area contributed by atoms with Gasteiger partial charge in [-0.1, -0.05) is 25.3 Å². The number of carbonyl (C=O) groups excluding carboxylic acids is 1. The monoisotopic (exact) mass is 384 g/mol. The predicted molar refractivity (Wildman–Crippen MR) is 109 cm³/mol. The van der Waals surface area contributed by atoms with Crippen LogP contribution in [0.5, 0.6) is 0 Å². The first-order chi connectivity index (χ1) is 13.3. The molecule has 3 rings (SSSR count). The molecule has 0 aliphatic heterocycles. The molecule has 1 aliphatic carbocycles. The largest absolute Gasteiger partial charge is 0.443 e. The van der Waals surface area contributed by atoms with Gasteiger partial charge in [-0.25, -0.2) is 9.18 Å². The Hall–Kier alpha value is -2.43. The van der Waals surface area contributed by atoms with Crippen molar-refractivity contribution in [2.45, 2.75) is 70.9 Å². The molecule has 4 nitrogen and oxygen atoms in total. The van der Waals surface area contributed by atoms with Crippen molar-refractivity contribution in [2.75, 3.05) is 4.90 Å². The Morgan fingerprint density at radius 1 is 1.11 bits per heavy atom. The third-order valence-electron chi connectivity index (χ3n) is 5.00. The van der Waals surface area contributed by atoms with Crippen LogP contribution in [0.15, 0.2) is 42.6 Å². The normalized spacial score (nSPS) is 15.3. The Morgan fingerprint density at radius 2 is 1.79 bits per heavy atom. The molecule has 0 spiro atoms. The van der Waals surface area contributed by atoms with E-state index in [1.54, 1.807) is 12.1 Å². The second-order valence-corrected chi connectivity index (χ2v) is 8.46. The summed E-state index contributed by atoms with van der Waals surface area (Å²) in [7, 11) is 0. The van der Waals surface area contributed by atoms with Crippen molar-refractivity contribution in [2.24, 2.45) is 0 Å². The van der Waals surface area contributed by atoms with Crippen molar-refractivity contribution in [3.8, 4) is 0 Å². The molecule has 0 N–H and O–H groups in total. The highest BCUT2D eigenvalue weighted by molar-refractivity contribution is 5.87.